The average Bonchev–Trinajstić information content (AvgIpc) is 2.67. The minimum Gasteiger partial charge on any atom is -0.368 e. The van der Waals surface area contributed by atoms with Crippen LogP contribution in [0.15, 0.2) is 24.3 Å². The third-order valence-corrected chi connectivity index (χ3v) is 5.59. The van der Waals surface area contributed by atoms with E-state index >= 15 is 0 Å². The highest BCUT2D eigenvalue weighted by Gasteiger charge is 2.25. The molecular formula is C21H32N6. The topological polar surface area (TPSA) is 71.2 Å². The van der Waals surface area contributed by atoms with Crippen LogP contribution in [-0.2, 0) is 6.42 Å². The fourth-order valence-corrected chi connectivity index (χ4v) is 3.70. The fraction of sp³-hybridized carbons (Fsp3) is 0.571. The van der Waals surface area contributed by atoms with Crippen molar-refractivity contribution in [2.24, 2.45) is 5.92 Å². The SMILES string of the molecule is Cc1ccc(CCC2CCN(C(C)c3nc(N)nc(N(C)C)n3)CC2)cc1. The van der Waals surface area contributed by atoms with Crippen LogP contribution in [0.2, 0.25) is 0 Å². The van der Waals surface area contributed by atoms with E-state index in [-0.39, 0.29) is 6.04 Å². The molecule has 1 aliphatic heterocycles. The molecule has 2 heterocycles. The van der Waals surface area contributed by atoms with E-state index in [1.165, 1.54) is 36.8 Å². The normalized spacial score (nSPS) is 17.0. The Labute approximate surface area is 162 Å². The van der Waals surface area contributed by atoms with Crippen molar-refractivity contribution in [2.75, 3.05) is 37.8 Å². The maximum atomic E-state index is 5.88. The van der Waals surface area contributed by atoms with Gasteiger partial charge in [-0.15, -0.1) is 0 Å². The molecule has 0 spiro atoms. The Morgan fingerprint density at radius 3 is 2.41 bits per heavy atom. The van der Waals surface area contributed by atoms with Crippen LogP contribution in [0.5, 0.6) is 0 Å². The fourth-order valence-electron chi connectivity index (χ4n) is 3.70. The molecule has 1 aliphatic rings. The van der Waals surface area contributed by atoms with Gasteiger partial charge in [0, 0.05) is 14.1 Å². The Balaban J connectivity index is 1.53. The van der Waals surface area contributed by atoms with E-state index in [0.717, 1.165) is 24.8 Å². The largest absolute Gasteiger partial charge is 0.368 e. The van der Waals surface area contributed by atoms with E-state index in [4.69, 9.17) is 5.73 Å². The molecule has 3 rings (SSSR count). The Morgan fingerprint density at radius 1 is 1.11 bits per heavy atom. The van der Waals surface area contributed by atoms with Crippen molar-refractivity contribution >= 4 is 11.9 Å². The second kappa shape index (κ2) is 8.65. The summed E-state index contributed by atoms with van der Waals surface area (Å²) < 4.78 is 0. The lowest BCUT2D eigenvalue weighted by atomic mass is 9.90. The molecule has 2 aromatic rings. The number of piperidine rings is 1. The van der Waals surface area contributed by atoms with Gasteiger partial charge in [0.2, 0.25) is 11.9 Å². The van der Waals surface area contributed by atoms with Crippen LogP contribution in [0.1, 0.15) is 49.2 Å². The first-order valence-corrected chi connectivity index (χ1v) is 9.90. The summed E-state index contributed by atoms with van der Waals surface area (Å²) >= 11 is 0. The van der Waals surface area contributed by atoms with Gasteiger partial charge in [-0.2, -0.15) is 15.0 Å². The van der Waals surface area contributed by atoms with Crippen molar-refractivity contribution in [3.05, 3.63) is 41.2 Å². The number of aryl methyl sites for hydroxylation is 2. The van der Waals surface area contributed by atoms with Crippen molar-refractivity contribution in [2.45, 2.75) is 45.6 Å². The van der Waals surface area contributed by atoms with Gasteiger partial charge in [0.15, 0.2) is 5.82 Å². The smallest absolute Gasteiger partial charge is 0.229 e. The summed E-state index contributed by atoms with van der Waals surface area (Å²) in [4.78, 5) is 17.5. The number of anilines is 2. The standard InChI is InChI=1S/C21H32N6/c1-15-5-7-17(8-6-15)9-10-18-11-13-27(14-12-18)16(2)19-23-20(22)25-21(24-19)26(3)4/h5-8,16,18H,9-14H2,1-4H3,(H2,22,23,24,25). The third-order valence-electron chi connectivity index (χ3n) is 5.59. The Bertz CT molecular complexity index is 735. The number of hydrogen-bond acceptors (Lipinski definition) is 6. The quantitative estimate of drug-likeness (QED) is 0.844. The van der Waals surface area contributed by atoms with Crippen molar-refractivity contribution in [3.8, 4) is 0 Å². The van der Waals surface area contributed by atoms with Gasteiger partial charge in [-0.3, -0.25) is 4.90 Å². The molecule has 1 saturated heterocycles. The highest BCUT2D eigenvalue weighted by atomic mass is 15.3. The molecule has 1 unspecified atom stereocenters. The highest BCUT2D eigenvalue weighted by molar-refractivity contribution is 5.33. The van der Waals surface area contributed by atoms with E-state index in [9.17, 15) is 0 Å². The average molecular weight is 369 g/mol. The van der Waals surface area contributed by atoms with Crippen LogP contribution in [0.3, 0.4) is 0 Å². The summed E-state index contributed by atoms with van der Waals surface area (Å²) in [6.45, 7) is 6.48. The summed E-state index contributed by atoms with van der Waals surface area (Å²) in [5.74, 6) is 2.49. The van der Waals surface area contributed by atoms with Gasteiger partial charge in [0.05, 0.1) is 6.04 Å². The van der Waals surface area contributed by atoms with Crippen LogP contribution < -0.4 is 10.6 Å². The molecule has 1 atom stereocenters. The first kappa shape index (κ1) is 19.5. The van der Waals surface area contributed by atoms with Gasteiger partial charge in [-0.05, 0) is 64.1 Å². The van der Waals surface area contributed by atoms with Crippen molar-refractivity contribution in [1.82, 2.24) is 19.9 Å². The molecule has 0 amide bonds. The molecule has 6 heteroatoms. The molecule has 0 radical (unpaired) electrons. The summed E-state index contributed by atoms with van der Waals surface area (Å²) in [7, 11) is 3.84. The van der Waals surface area contributed by atoms with Crippen molar-refractivity contribution in [3.63, 3.8) is 0 Å². The van der Waals surface area contributed by atoms with Gasteiger partial charge in [0.1, 0.15) is 0 Å². The zero-order chi connectivity index (χ0) is 19.4. The van der Waals surface area contributed by atoms with Crippen molar-refractivity contribution < 1.29 is 0 Å². The Hall–Kier alpha value is -2.21. The lowest BCUT2D eigenvalue weighted by Crippen LogP contribution is -2.36. The predicted octanol–water partition coefficient (Wildman–Crippen LogP) is 3.23. The molecule has 146 valence electrons. The lowest BCUT2D eigenvalue weighted by Gasteiger charge is -2.35. The van der Waals surface area contributed by atoms with E-state index in [2.05, 4.69) is 58.0 Å². The number of nitrogens with zero attached hydrogens (tertiary/aromatic N) is 5. The summed E-state index contributed by atoms with van der Waals surface area (Å²) in [6.07, 6.45) is 4.92. The summed E-state index contributed by atoms with van der Waals surface area (Å²) in [5.41, 5.74) is 8.67. The second-order valence-electron chi connectivity index (χ2n) is 7.93. The number of aromatic nitrogens is 3. The first-order valence-electron chi connectivity index (χ1n) is 9.90. The van der Waals surface area contributed by atoms with Gasteiger partial charge in [-0.25, -0.2) is 0 Å². The predicted molar refractivity (Wildman–Crippen MR) is 111 cm³/mol. The molecule has 2 N–H and O–H groups in total. The van der Waals surface area contributed by atoms with Gasteiger partial charge < -0.3 is 10.6 Å². The zero-order valence-corrected chi connectivity index (χ0v) is 17.0. The molecule has 27 heavy (non-hydrogen) atoms. The van der Waals surface area contributed by atoms with Gasteiger partial charge in [0.25, 0.3) is 0 Å². The van der Waals surface area contributed by atoms with Crippen LogP contribution in [0.25, 0.3) is 0 Å². The van der Waals surface area contributed by atoms with Crippen LogP contribution in [-0.4, -0.2) is 47.0 Å². The maximum Gasteiger partial charge on any atom is 0.229 e. The molecule has 1 aromatic carbocycles. The number of likely N-dealkylation sites (tertiary alicyclic amines) is 1. The zero-order valence-electron chi connectivity index (χ0n) is 17.0. The summed E-state index contributed by atoms with van der Waals surface area (Å²) in [6, 6.07) is 9.11. The maximum absolute atomic E-state index is 5.88. The van der Waals surface area contributed by atoms with E-state index in [1.54, 1.807) is 0 Å². The number of benzene rings is 1. The van der Waals surface area contributed by atoms with Crippen LogP contribution >= 0.6 is 0 Å². The first-order chi connectivity index (χ1) is 12.9. The number of nitrogens with two attached hydrogens (primary N) is 1. The molecule has 6 nitrogen and oxygen atoms in total. The molecule has 0 saturated carbocycles. The van der Waals surface area contributed by atoms with E-state index in [0.29, 0.717) is 11.9 Å². The Morgan fingerprint density at radius 2 is 1.78 bits per heavy atom. The van der Waals surface area contributed by atoms with E-state index < -0.39 is 0 Å². The van der Waals surface area contributed by atoms with Gasteiger partial charge in [-0.1, -0.05) is 29.8 Å². The molecule has 0 bridgehead atoms. The van der Waals surface area contributed by atoms with Gasteiger partial charge >= 0.3 is 0 Å². The number of nitrogen functional groups attached to an aromatic ring is 1. The highest BCUT2D eigenvalue weighted by Crippen LogP contribution is 2.28. The Kier molecular flexibility index (Phi) is 6.26. The third kappa shape index (κ3) is 5.16. The number of rotatable bonds is 6. The number of hydrogen-bond donors (Lipinski definition) is 1. The minimum absolute atomic E-state index is 0.159. The molecule has 1 aromatic heterocycles. The molecule has 0 aliphatic carbocycles. The lowest BCUT2D eigenvalue weighted by molar-refractivity contribution is 0.133. The minimum atomic E-state index is 0.159. The molecule has 1 fully saturated rings. The second-order valence-corrected chi connectivity index (χ2v) is 7.93. The summed E-state index contributed by atoms with van der Waals surface area (Å²) in [5, 5.41) is 0. The monoisotopic (exact) mass is 368 g/mol. The van der Waals surface area contributed by atoms with Crippen LogP contribution in [0.4, 0.5) is 11.9 Å². The van der Waals surface area contributed by atoms with Crippen LogP contribution in [0, 0.1) is 12.8 Å². The van der Waals surface area contributed by atoms with Crippen molar-refractivity contribution in [1.29, 1.82) is 0 Å². The molecular weight excluding hydrogens is 336 g/mol. The van der Waals surface area contributed by atoms with E-state index in [1.807, 2.05) is 19.0 Å².